The average molecular weight is 872 g/mol. The zero-order chi connectivity index (χ0) is 45.0. The van der Waals surface area contributed by atoms with E-state index in [1.165, 1.54) is 157 Å². The lowest BCUT2D eigenvalue weighted by Crippen LogP contribution is -2.21. The van der Waals surface area contributed by atoms with E-state index in [0.717, 1.165) is 0 Å². The Morgan fingerprint density at radius 1 is 0.353 bits per heavy atom. The summed E-state index contributed by atoms with van der Waals surface area (Å²) >= 11 is 0. The zero-order valence-electron chi connectivity index (χ0n) is 38.7. The summed E-state index contributed by atoms with van der Waals surface area (Å²) in [5.41, 5.74) is 27.5. The molecular formula is C67H53N. The molecule has 0 amide bonds. The van der Waals surface area contributed by atoms with Gasteiger partial charge in [-0.2, -0.15) is 0 Å². The van der Waals surface area contributed by atoms with E-state index in [1.54, 1.807) is 16.7 Å². The summed E-state index contributed by atoms with van der Waals surface area (Å²) < 4.78 is 2.37. The summed E-state index contributed by atoms with van der Waals surface area (Å²) in [7, 11) is 0. The minimum absolute atomic E-state index is 0.0849. The molecule has 1 aromatic heterocycles. The van der Waals surface area contributed by atoms with Gasteiger partial charge in [-0.1, -0.05) is 189 Å². The van der Waals surface area contributed by atoms with Crippen molar-refractivity contribution in [2.24, 2.45) is 0 Å². The highest BCUT2D eigenvalue weighted by atomic mass is 15.0. The molecule has 326 valence electrons. The number of benzene rings is 9. The largest absolute Gasteiger partial charge is 0.309 e. The van der Waals surface area contributed by atoms with Crippen molar-refractivity contribution >= 4 is 34.0 Å². The van der Waals surface area contributed by atoms with Crippen LogP contribution in [0.25, 0.3) is 95.3 Å². The topological polar surface area (TPSA) is 4.93 Å². The van der Waals surface area contributed by atoms with Gasteiger partial charge in [0, 0.05) is 27.3 Å². The number of nitrogens with zero attached hydrogens (tertiary/aromatic N) is 1. The lowest BCUT2D eigenvalue weighted by Gasteiger charge is -2.28. The van der Waals surface area contributed by atoms with Crippen LogP contribution < -0.4 is 0 Å². The number of hydrogen-bond donors (Lipinski definition) is 0. The predicted molar refractivity (Wildman–Crippen MR) is 287 cm³/mol. The van der Waals surface area contributed by atoms with Crippen molar-refractivity contribution in [3.63, 3.8) is 0 Å². The number of aromatic nitrogens is 1. The van der Waals surface area contributed by atoms with Gasteiger partial charge in [0.25, 0.3) is 0 Å². The van der Waals surface area contributed by atoms with Gasteiger partial charge in [0.05, 0.1) is 11.0 Å². The second-order valence-corrected chi connectivity index (χ2v) is 20.4. The number of aryl methyl sites for hydroxylation is 1. The summed E-state index contributed by atoms with van der Waals surface area (Å²) in [4.78, 5) is 0. The van der Waals surface area contributed by atoms with E-state index in [2.05, 4.69) is 218 Å². The van der Waals surface area contributed by atoms with Gasteiger partial charge in [-0.3, -0.25) is 0 Å². The molecule has 4 aliphatic rings. The van der Waals surface area contributed by atoms with Crippen LogP contribution in [0, 0.1) is 6.92 Å². The van der Waals surface area contributed by atoms with Crippen molar-refractivity contribution in [3.8, 4) is 61.3 Å². The summed E-state index contributed by atoms with van der Waals surface area (Å²) in [5, 5.41) is 2.55. The van der Waals surface area contributed by atoms with Gasteiger partial charge >= 0.3 is 0 Å². The smallest absolute Gasteiger partial charge is 0.0541 e. The van der Waals surface area contributed by atoms with E-state index >= 15 is 0 Å². The minimum atomic E-state index is 0.0849. The van der Waals surface area contributed by atoms with Crippen molar-refractivity contribution in [2.45, 2.75) is 69.1 Å². The van der Waals surface area contributed by atoms with Crippen molar-refractivity contribution in [2.75, 3.05) is 0 Å². The molecule has 0 aliphatic heterocycles. The Morgan fingerprint density at radius 3 is 1.31 bits per heavy atom. The van der Waals surface area contributed by atoms with Crippen LogP contribution in [0.5, 0.6) is 0 Å². The first-order valence-electron chi connectivity index (χ1n) is 25.1. The van der Waals surface area contributed by atoms with Crippen LogP contribution in [0.2, 0.25) is 0 Å². The molecule has 0 N–H and O–H groups in total. The molecule has 1 heteroatoms. The maximum absolute atomic E-state index is 2.59. The Balaban J connectivity index is 0.717. The van der Waals surface area contributed by atoms with Crippen LogP contribution in [0.4, 0.5) is 0 Å². The molecule has 0 atom stereocenters. The van der Waals surface area contributed by atoms with Gasteiger partial charge in [-0.05, 0) is 170 Å². The highest BCUT2D eigenvalue weighted by molar-refractivity contribution is 6.10. The monoisotopic (exact) mass is 871 g/mol. The maximum Gasteiger partial charge on any atom is 0.0541 e. The van der Waals surface area contributed by atoms with Gasteiger partial charge in [-0.25, -0.2) is 0 Å². The molecule has 0 saturated heterocycles. The number of fused-ring (bicyclic) bond motifs is 13. The number of hydrogen-bond acceptors (Lipinski definition) is 0. The van der Waals surface area contributed by atoms with E-state index in [4.69, 9.17) is 0 Å². The molecule has 0 bridgehead atoms. The molecule has 2 spiro atoms. The molecule has 68 heavy (non-hydrogen) atoms. The molecular weight excluding hydrogens is 819 g/mol. The molecule has 2 saturated carbocycles. The second-order valence-electron chi connectivity index (χ2n) is 20.4. The third kappa shape index (κ3) is 6.01. The molecule has 9 aromatic carbocycles. The Kier molecular flexibility index (Phi) is 8.91. The number of para-hydroxylation sites is 2. The first-order chi connectivity index (χ1) is 33.5. The van der Waals surface area contributed by atoms with Gasteiger partial charge in [0.15, 0.2) is 0 Å². The lowest BCUT2D eigenvalue weighted by molar-refractivity contribution is 0.549. The fourth-order valence-corrected chi connectivity index (χ4v) is 13.5. The van der Waals surface area contributed by atoms with Crippen LogP contribution >= 0.6 is 0 Å². The van der Waals surface area contributed by atoms with Gasteiger partial charge in [0.2, 0.25) is 0 Å². The van der Waals surface area contributed by atoms with Crippen molar-refractivity contribution < 1.29 is 0 Å². The summed E-state index contributed by atoms with van der Waals surface area (Å²) in [6, 6.07) is 73.8. The van der Waals surface area contributed by atoms with Crippen molar-refractivity contribution in [1.29, 1.82) is 0 Å². The zero-order valence-corrected chi connectivity index (χ0v) is 38.7. The van der Waals surface area contributed by atoms with Crippen LogP contribution in [-0.2, 0) is 10.8 Å². The van der Waals surface area contributed by atoms with E-state index in [-0.39, 0.29) is 10.8 Å². The van der Waals surface area contributed by atoms with Crippen molar-refractivity contribution in [1.82, 2.24) is 4.57 Å². The number of rotatable bonds is 6. The SMILES string of the molecule is Cc1ccc2c(c1)C1(CCCC1)c1cc(-c3ccc4c(c3)C3(CCCC3)c3cc(-c5ccc(C=Cc6ccc(-c7ccc8c(c7)c7ccccc7n8-c7ccccc7)cc6)cc5)ccc3-4)ccc1-2. The van der Waals surface area contributed by atoms with E-state index < -0.39 is 0 Å². The molecule has 2 fully saturated rings. The van der Waals surface area contributed by atoms with Crippen LogP contribution in [0.15, 0.2) is 194 Å². The van der Waals surface area contributed by atoms with Gasteiger partial charge in [-0.15, -0.1) is 0 Å². The molecule has 1 heterocycles. The van der Waals surface area contributed by atoms with E-state index in [1.807, 2.05) is 0 Å². The third-order valence-corrected chi connectivity index (χ3v) is 16.8. The van der Waals surface area contributed by atoms with E-state index in [0.29, 0.717) is 0 Å². The normalized spacial score (nSPS) is 16.0. The Hall–Kier alpha value is -7.48. The lowest BCUT2D eigenvalue weighted by atomic mass is 9.75. The van der Waals surface area contributed by atoms with Crippen molar-refractivity contribution in [3.05, 3.63) is 233 Å². The minimum Gasteiger partial charge on any atom is -0.309 e. The van der Waals surface area contributed by atoms with Gasteiger partial charge < -0.3 is 4.57 Å². The third-order valence-electron chi connectivity index (χ3n) is 16.8. The fraction of sp³-hybridized carbons (Fsp3) is 0.164. The first-order valence-corrected chi connectivity index (χ1v) is 25.1. The summed E-state index contributed by atoms with van der Waals surface area (Å²) in [6.07, 6.45) is 14.7. The molecule has 14 rings (SSSR count). The maximum atomic E-state index is 2.59. The first kappa shape index (κ1) is 39.7. The Labute approximate surface area is 400 Å². The second kappa shape index (κ2) is 15.3. The van der Waals surface area contributed by atoms with Crippen LogP contribution in [0.1, 0.15) is 90.3 Å². The Morgan fingerprint density at radius 2 is 0.765 bits per heavy atom. The molecule has 1 nitrogen and oxygen atoms in total. The molecule has 0 radical (unpaired) electrons. The molecule has 4 aliphatic carbocycles. The molecule has 10 aromatic rings. The Bertz CT molecular complexity index is 3660. The predicted octanol–water partition coefficient (Wildman–Crippen LogP) is 17.9. The average Bonchev–Trinajstić information content (AvgIpc) is 4.24. The quantitative estimate of drug-likeness (QED) is 0.147. The standard InChI is InChI=1S/C67H53N/c1-44-15-30-54-55-32-27-51(42-62(55)66(60(54)39-44)35-7-8-36-66)52-28-33-57-56-31-26-50(41-61(56)67(63(57)43-52)37-9-10-38-67)48-24-20-46(21-25-48)17-16-45-18-22-47(23-19-45)49-29-34-65-59(40-49)58-13-5-6-14-64(58)68(65)53-11-3-2-4-12-53/h2-6,11-34,39-43H,7-10,35-38H2,1H3. The van der Waals surface area contributed by atoms with Crippen LogP contribution in [-0.4, -0.2) is 4.57 Å². The fourth-order valence-electron chi connectivity index (χ4n) is 13.5. The highest BCUT2D eigenvalue weighted by Crippen LogP contribution is 2.60. The summed E-state index contributed by atoms with van der Waals surface area (Å²) in [5.74, 6) is 0. The molecule has 0 unspecified atom stereocenters. The van der Waals surface area contributed by atoms with Gasteiger partial charge in [0.1, 0.15) is 0 Å². The van der Waals surface area contributed by atoms with Crippen LogP contribution in [0.3, 0.4) is 0 Å². The highest BCUT2D eigenvalue weighted by Gasteiger charge is 2.47. The van der Waals surface area contributed by atoms with E-state index in [9.17, 15) is 0 Å². The summed E-state index contributed by atoms with van der Waals surface area (Å²) in [6.45, 7) is 2.26.